The van der Waals surface area contributed by atoms with Gasteiger partial charge >= 0.3 is 0 Å². The van der Waals surface area contributed by atoms with Crippen molar-refractivity contribution in [3.8, 4) is 0 Å². The fourth-order valence-corrected chi connectivity index (χ4v) is 6.79. The Morgan fingerprint density at radius 1 is 1.33 bits per heavy atom. The van der Waals surface area contributed by atoms with Crippen molar-refractivity contribution in [2.45, 2.75) is 61.9 Å². The molecule has 0 spiro atoms. The summed E-state index contributed by atoms with van der Waals surface area (Å²) in [6.45, 7) is 8.36. The highest BCUT2D eigenvalue weighted by molar-refractivity contribution is 9.11. The van der Waals surface area contributed by atoms with Crippen LogP contribution in [0.25, 0.3) is 0 Å². The van der Waals surface area contributed by atoms with Gasteiger partial charge in [0.05, 0.1) is 8.81 Å². The molecule has 1 aliphatic heterocycles. The molecule has 0 amide bonds. The fraction of sp³-hybridized carbons (Fsp3) is 0.692. The maximum absolute atomic E-state index is 12.5. The van der Waals surface area contributed by atoms with Crippen LogP contribution in [0.2, 0.25) is 5.02 Å². The van der Waals surface area contributed by atoms with Crippen LogP contribution in [0, 0.1) is 0 Å². The van der Waals surface area contributed by atoms with Gasteiger partial charge in [-0.2, -0.15) is 0 Å². The zero-order chi connectivity index (χ0) is 16.1. The molecule has 0 aromatic carbocycles. The Labute approximate surface area is 143 Å². The van der Waals surface area contributed by atoms with Crippen molar-refractivity contribution in [3.05, 3.63) is 14.9 Å². The van der Waals surface area contributed by atoms with Crippen molar-refractivity contribution in [2.24, 2.45) is 0 Å². The Balaban J connectivity index is 2.20. The molecule has 8 heteroatoms. The number of halogens is 2. The Bertz CT molecular complexity index is 605. The van der Waals surface area contributed by atoms with Gasteiger partial charge in [0.15, 0.2) is 0 Å². The Hall–Kier alpha value is 0.340. The average Bonchev–Trinajstić information content (AvgIpc) is 2.54. The van der Waals surface area contributed by atoms with Crippen molar-refractivity contribution in [1.29, 1.82) is 0 Å². The summed E-state index contributed by atoms with van der Waals surface area (Å²) >= 11 is 10.3. The quantitative estimate of drug-likeness (QED) is 0.790. The molecular weight excluding hydrogens is 396 g/mol. The zero-order valence-corrected chi connectivity index (χ0v) is 16.4. The number of nitrogens with one attached hydrogen (secondary N) is 2. The largest absolute Gasteiger partial charge is 0.307 e. The lowest BCUT2D eigenvalue weighted by Gasteiger charge is -2.46. The molecule has 1 aliphatic rings. The molecule has 2 N–H and O–H groups in total. The number of sulfonamides is 1. The minimum atomic E-state index is -3.54. The number of rotatable bonds is 3. The predicted molar refractivity (Wildman–Crippen MR) is 91.7 cm³/mol. The van der Waals surface area contributed by atoms with E-state index < -0.39 is 10.0 Å². The first kappa shape index (κ1) is 17.7. The summed E-state index contributed by atoms with van der Waals surface area (Å²) in [6.07, 6.45) is 1.49. The summed E-state index contributed by atoms with van der Waals surface area (Å²) < 4.78 is 28.7. The third kappa shape index (κ3) is 4.42. The smallest absolute Gasteiger partial charge is 0.250 e. The molecule has 0 bridgehead atoms. The first-order valence-electron chi connectivity index (χ1n) is 6.67. The third-order valence-corrected chi connectivity index (χ3v) is 7.87. The molecule has 2 heterocycles. The Morgan fingerprint density at radius 3 is 2.29 bits per heavy atom. The summed E-state index contributed by atoms with van der Waals surface area (Å²) in [4.78, 5) is 0. The van der Waals surface area contributed by atoms with Crippen LogP contribution < -0.4 is 10.0 Å². The molecule has 0 unspecified atom stereocenters. The van der Waals surface area contributed by atoms with Crippen molar-refractivity contribution in [1.82, 2.24) is 10.0 Å². The van der Waals surface area contributed by atoms with Crippen molar-refractivity contribution in [2.75, 3.05) is 0 Å². The lowest BCUT2D eigenvalue weighted by molar-refractivity contribution is 0.157. The lowest BCUT2D eigenvalue weighted by atomic mass is 9.80. The van der Waals surface area contributed by atoms with Gasteiger partial charge in [0.25, 0.3) is 0 Å². The van der Waals surface area contributed by atoms with E-state index in [-0.39, 0.29) is 21.3 Å². The van der Waals surface area contributed by atoms with E-state index in [2.05, 4.69) is 53.7 Å². The monoisotopic (exact) mass is 414 g/mol. The van der Waals surface area contributed by atoms with Gasteiger partial charge in [-0.15, -0.1) is 11.3 Å². The molecule has 0 saturated carbocycles. The van der Waals surface area contributed by atoms with Crippen LogP contribution in [0.15, 0.2) is 14.1 Å². The minimum absolute atomic E-state index is 0.0964. The Morgan fingerprint density at radius 2 is 1.86 bits per heavy atom. The highest BCUT2D eigenvalue weighted by Crippen LogP contribution is 2.35. The van der Waals surface area contributed by atoms with Gasteiger partial charge in [0.1, 0.15) is 4.21 Å². The second-order valence-corrected chi connectivity index (χ2v) is 11.5. The van der Waals surface area contributed by atoms with E-state index in [0.29, 0.717) is 8.81 Å². The van der Waals surface area contributed by atoms with Crippen molar-refractivity contribution in [3.63, 3.8) is 0 Å². The van der Waals surface area contributed by atoms with Crippen LogP contribution in [0.3, 0.4) is 0 Å². The van der Waals surface area contributed by atoms with E-state index in [1.54, 1.807) is 0 Å². The van der Waals surface area contributed by atoms with Gasteiger partial charge in [-0.25, -0.2) is 13.1 Å². The highest BCUT2D eigenvalue weighted by atomic mass is 79.9. The van der Waals surface area contributed by atoms with E-state index in [1.807, 2.05) is 0 Å². The van der Waals surface area contributed by atoms with Gasteiger partial charge in [0.2, 0.25) is 10.0 Å². The molecule has 1 aromatic heterocycles. The number of hydrogen-bond donors (Lipinski definition) is 2. The normalized spacial score (nSPS) is 22.4. The molecule has 1 fully saturated rings. The van der Waals surface area contributed by atoms with Crippen molar-refractivity contribution >= 4 is 48.9 Å². The molecule has 21 heavy (non-hydrogen) atoms. The van der Waals surface area contributed by atoms with Gasteiger partial charge in [0, 0.05) is 17.1 Å². The first-order chi connectivity index (χ1) is 9.40. The SMILES string of the molecule is CC1(C)CC(NS(=O)(=O)c2cc(Cl)c(Br)s2)CC(C)(C)N1. The highest BCUT2D eigenvalue weighted by Gasteiger charge is 2.39. The van der Waals surface area contributed by atoms with Crippen molar-refractivity contribution < 1.29 is 8.42 Å². The van der Waals surface area contributed by atoms with Crippen LogP contribution in [0.1, 0.15) is 40.5 Å². The molecule has 120 valence electrons. The minimum Gasteiger partial charge on any atom is -0.307 e. The lowest BCUT2D eigenvalue weighted by Crippen LogP contribution is -2.62. The number of thiophene rings is 1. The number of piperidine rings is 1. The molecule has 1 aromatic rings. The summed E-state index contributed by atoms with van der Waals surface area (Å²) in [5.41, 5.74) is -0.217. The maximum Gasteiger partial charge on any atom is 0.250 e. The van der Waals surface area contributed by atoms with E-state index in [9.17, 15) is 8.42 Å². The van der Waals surface area contributed by atoms with Crippen LogP contribution in [0.5, 0.6) is 0 Å². The van der Waals surface area contributed by atoms with E-state index in [4.69, 9.17) is 11.6 Å². The Kier molecular flexibility index (Phi) is 4.85. The first-order valence-corrected chi connectivity index (χ1v) is 10.1. The molecule has 0 aliphatic carbocycles. The third-order valence-electron chi connectivity index (χ3n) is 3.40. The molecule has 0 atom stereocenters. The zero-order valence-electron chi connectivity index (χ0n) is 12.5. The van der Waals surface area contributed by atoms with Gasteiger partial charge < -0.3 is 5.32 Å². The summed E-state index contributed by atoms with van der Waals surface area (Å²) in [6, 6.07) is 1.39. The van der Waals surface area contributed by atoms with Crippen LogP contribution >= 0.6 is 38.9 Å². The van der Waals surface area contributed by atoms with Gasteiger partial charge in [-0.1, -0.05) is 11.6 Å². The van der Waals surface area contributed by atoms with Crippen LogP contribution in [0.4, 0.5) is 0 Å². The number of hydrogen-bond acceptors (Lipinski definition) is 4. The second kappa shape index (κ2) is 5.76. The predicted octanol–water partition coefficient (Wildman–Crippen LogP) is 3.75. The summed E-state index contributed by atoms with van der Waals surface area (Å²) in [5.74, 6) is 0. The second-order valence-electron chi connectivity index (χ2n) is 6.81. The van der Waals surface area contributed by atoms with E-state index in [0.717, 1.165) is 24.2 Å². The van der Waals surface area contributed by atoms with Crippen LogP contribution in [-0.4, -0.2) is 25.5 Å². The average molecular weight is 416 g/mol. The van der Waals surface area contributed by atoms with Gasteiger partial charge in [-0.05, 0) is 62.5 Å². The van der Waals surface area contributed by atoms with Crippen LogP contribution in [-0.2, 0) is 10.0 Å². The maximum atomic E-state index is 12.5. The fourth-order valence-electron chi connectivity index (χ4n) is 3.14. The topological polar surface area (TPSA) is 58.2 Å². The van der Waals surface area contributed by atoms with E-state index >= 15 is 0 Å². The molecule has 4 nitrogen and oxygen atoms in total. The standard InChI is InChI=1S/C13H20BrClN2O2S2/c1-12(2)6-8(7-13(3,4)17-12)16-21(18,19)10-5-9(15)11(14)20-10/h5,8,16-17H,6-7H2,1-4H3. The molecular formula is C13H20BrClN2O2S2. The molecule has 1 saturated heterocycles. The summed E-state index contributed by atoms with van der Waals surface area (Å²) in [5, 5.41) is 3.96. The van der Waals surface area contributed by atoms with Gasteiger partial charge in [-0.3, -0.25) is 0 Å². The molecule has 0 radical (unpaired) electrons. The van der Waals surface area contributed by atoms with E-state index in [1.165, 1.54) is 6.07 Å². The molecule has 2 rings (SSSR count). The summed E-state index contributed by atoms with van der Waals surface area (Å²) in [7, 11) is -3.54.